The fraction of sp³-hybridized carbons (Fsp3) is 0.176. The smallest absolute Gasteiger partial charge is 0.287 e. The van der Waals surface area contributed by atoms with Gasteiger partial charge >= 0.3 is 0 Å². The lowest BCUT2D eigenvalue weighted by Gasteiger charge is -2.05. The normalized spacial score (nSPS) is 10.8. The number of hydrogen-bond donors (Lipinski definition) is 2. The van der Waals surface area contributed by atoms with Crippen LogP contribution in [0.25, 0.3) is 11.0 Å². The van der Waals surface area contributed by atoms with E-state index in [-0.39, 0.29) is 24.8 Å². The largest absolute Gasteiger partial charge is 0.467 e. The molecule has 3 rings (SSSR count). The average molecular weight is 347 g/mol. The summed E-state index contributed by atoms with van der Waals surface area (Å²) in [5, 5.41) is 6.38. The Morgan fingerprint density at radius 3 is 2.71 bits per heavy atom. The lowest BCUT2D eigenvalue weighted by molar-refractivity contribution is -0.120. The Morgan fingerprint density at radius 2 is 2.00 bits per heavy atom. The molecule has 0 aliphatic rings. The highest BCUT2D eigenvalue weighted by atomic mass is 35.5. The molecular weight excluding hydrogens is 332 g/mol. The zero-order valence-corrected chi connectivity index (χ0v) is 13.6. The molecular formula is C17H15ClN2O4. The Balaban J connectivity index is 1.62. The number of furan rings is 2. The van der Waals surface area contributed by atoms with E-state index in [0.717, 1.165) is 5.39 Å². The van der Waals surface area contributed by atoms with Crippen LogP contribution in [-0.2, 0) is 11.3 Å². The number of carbonyl (C=O) groups is 2. The van der Waals surface area contributed by atoms with Gasteiger partial charge in [0.25, 0.3) is 5.91 Å². The van der Waals surface area contributed by atoms with Crippen molar-refractivity contribution in [3.05, 3.63) is 58.7 Å². The first-order valence-electron chi connectivity index (χ1n) is 7.31. The first-order chi connectivity index (χ1) is 11.6. The van der Waals surface area contributed by atoms with E-state index in [1.54, 1.807) is 31.2 Å². The molecule has 2 N–H and O–H groups in total. The number of rotatable bonds is 5. The van der Waals surface area contributed by atoms with Crippen LogP contribution in [0.3, 0.4) is 0 Å². The molecule has 0 saturated heterocycles. The van der Waals surface area contributed by atoms with E-state index in [0.29, 0.717) is 21.9 Å². The number of fused-ring (bicyclic) bond motifs is 1. The zero-order valence-electron chi connectivity index (χ0n) is 12.9. The molecule has 24 heavy (non-hydrogen) atoms. The van der Waals surface area contributed by atoms with Gasteiger partial charge in [-0.1, -0.05) is 23.7 Å². The third-order valence-electron chi connectivity index (χ3n) is 3.57. The van der Waals surface area contributed by atoms with E-state index in [4.69, 9.17) is 20.4 Å². The molecule has 0 bridgehead atoms. The molecule has 0 spiro atoms. The van der Waals surface area contributed by atoms with Crippen molar-refractivity contribution in [1.29, 1.82) is 0 Å². The molecule has 0 fully saturated rings. The summed E-state index contributed by atoms with van der Waals surface area (Å²) in [5.41, 5.74) is 1.14. The predicted octanol–water partition coefficient (Wildman–Crippen LogP) is 3.03. The van der Waals surface area contributed by atoms with Gasteiger partial charge in [0.2, 0.25) is 5.91 Å². The second-order valence-corrected chi connectivity index (χ2v) is 5.62. The number of hydrogen-bond acceptors (Lipinski definition) is 4. The molecule has 0 unspecified atom stereocenters. The van der Waals surface area contributed by atoms with Crippen molar-refractivity contribution in [1.82, 2.24) is 10.6 Å². The number of para-hydroxylation sites is 1. The van der Waals surface area contributed by atoms with Gasteiger partial charge in [-0.05, 0) is 25.1 Å². The summed E-state index contributed by atoms with van der Waals surface area (Å²) in [6, 6.07) is 8.79. The Bertz CT molecular complexity index is 884. The Labute approximate surface area is 142 Å². The van der Waals surface area contributed by atoms with Gasteiger partial charge < -0.3 is 19.5 Å². The van der Waals surface area contributed by atoms with Crippen molar-refractivity contribution in [3.63, 3.8) is 0 Å². The van der Waals surface area contributed by atoms with Crippen molar-refractivity contribution in [2.24, 2.45) is 0 Å². The van der Waals surface area contributed by atoms with E-state index in [2.05, 4.69) is 10.6 Å². The Hall–Kier alpha value is -2.73. The summed E-state index contributed by atoms with van der Waals surface area (Å²) in [5.74, 6) is -0.00570. The van der Waals surface area contributed by atoms with Gasteiger partial charge in [-0.3, -0.25) is 9.59 Å². The second-order valence-electron chi connectivity index (χ2n) is 5.21. The van der Waals surface area contributed by atoms with Crippen LogP contribution in [0.1, 0.15) is 21.9 Å². The summed E-state index contributed by atoms with van der Waals surface area (Å²) < 4.78 is 10.7. The Kier molecular flexibility index (Phi) is 4.57. The Morgan fingerprint density at radius 1 is 1.17 bits per heavy atom. The van der Waals surface area contributed by atoms with E-state index >= 15 is 0 Å². The molecule has 6 nitrogen and oxygen atoms in total. The molecule has 3 aromatic rings. The minimum Gasteiger partial charge on any atom is -0.467 e. The van der Waals surface area contributed by atoms with E-state index < -0.39 is 5.91 Å². The first-order valence-corrected chi connectivity index (χ1v) is 7.69. The van der Waals surface area contributed by atoms with E-state index in [1.807, 2.05) is 6.07 Å². The summed E-state index contributed by atoms with van der Waals surface area (Å²) in [6.45, 7) is 1.87. The van der Waals surface area contributed by atoms with Crippen LogP contribution in [0.15, 0.2) is 45.4 Å². The molecule has 124 valence electrons. The monoisotopic (exact) mass is 346 g/mol. The maximum absolute atomic E-state index is 12.2. The number of aryl methyl sites for hydroxylation is 1. The van der Waals surface area contributed by atoms with Crippen molar-refractivity contribution >= 4 is 34.4 Å². The fourth-order valence-corrected chi connectivity index (χ4v) is 2.54. The van der Waals surface area contributed by atoms with Crippen LogP contribution in [0.5, 0.6) is 0 Å². The number of nitrogens with one attached hydrogen (secondary N) is 2. The van der Waals surface area contributed by atoms with Gasteiger partial charge in [0.15, 0.2) is 11.3 Å². The standard InChI is InChI=1S/C17H15ClN2O4/c1-10-12-5-2-6-13(18)16(12)24-15(10)17(22)20-9-14(21)19-8-11-4-3-7-23-11/h2-7H,8-9H2,1H3,(H,19,21)(H,20,22). The van der Waals surface area contributed by atoms with Crippen molar-refractivity contribution in [2.75, 3.05) is 6.54 Å². The molecule has 0 aliphatic heterocycles. The fourth-order valence-electron chi connectivity index (χ4n) is 2.33. The topological polar surface area (TPSA) is 84.5 Å². The third kappa shape index (κ3) is 3.28. The van der Waals surface area contributed by atoms with Gasteiger partial charge in [0, 0.05) is 10.9 Å². The molecule has 0 radical (unpaired) electrons. The van der Waals surface area contributed by atoms with Crippen LogP contribution in [0, 0.1) is 6.92 Å². The molecule has 7 heteroatoms. The minimum atomic E-state index is -0.465. The quantitative estimate of drug-likeness (QED) is 0.743. The lowest BCUT2D eigenvalue weighted by Crippen LogP contribution is -2.36. The number of benzene rings is 1. The highest BCUT2D eigenvalue weighted by Crippen LogP contribution is 2.30. The van der Waals surface area contributed by atoms with Gasteiger partial charge in [0.05, 0.1) is 24.4 Å². The summed E-state index contributed by atoms with van der Waals surface area (Å²) in [6.07, 6.45) is 1.53. The SMILES string of the molecule is Cc1c(C(=O)NCC(=O)NCc2ccco2)oc2c(Cl)cccc12. The molecule has 0 saturated carbocycles. The molecule has 2 aromatic heterocycles. The van der Waals surface area contributed by atoms with Crippen LogP contribution in [0.4, 0.5) is 0 Å². The van der Waals surface area contributed by atoms with Crippen LogP contribution in [0.2, 0.25) is 5.02 Å². The number of amides is 2. The highest BCUT2D eigenvalue weighted by Gasteiger charge is 2.19. The first kappa shape index (κ1) is 16.1. The minimum absolute atomic E-state index is 0.150. The average Bonchev–Trinajstić information content (AvgIpc) is 3.20. The number of carbonyl (C=O) groups excluding carboxylic acids is 2. The van der Waals surface area contributed by atoms with Gasteiger partial charge in [0.1, 0.15) is 5.76 Å². The van der Waals surface area contributed by atoms with E-state index in [9.17, 15) is 9.59 Å². The van der Waals surface area contributed by atoms with Crippen LogP contribution < -0.4 is 10.6 Å². The molecule has 1 aromatic carbocycles. The summed E-state index contributed by atoms with van der Waals surface area (Å²) in [7, 11) is 0. The van der Waals surface area contributed by atoms with Crippen molar-refractivity contribution < 1.29 is 18.4 Å². The lowest BCUT2D eigenvalue weighted by atomic mass is 10.1. The van der Waals surface area contributed by atoms with Crippen molar-refractivity contribution in [2.45, 2.75) is 13.5 Å². The summed E-state index contributed by atoms with van der Waals surface area (Å²) >= 11 is 6.07. The van der Waals surface area contributed by atoms with Crippen molar-refractivity contribution in [3.8, 4) is 0 Å². The predicted molar refractivity (Wildman–Crippen MR) is 88.8 cm³/mol. The third-order valence-corrected chi connectivity index (χ3v) is 3.87. The maximum Gasteiger partial charge on any atom is 0.287 e. The highest BCUT2D eigenvalue weighted by molar-refractivity contribution is 6.35. The molecule has 2 heterocycles. The van der Waals surface area contributed by atoms with Crippen LogP contribution in [-0.4, -0.2) is 18.4 Å². The maximum atomic E-state index is 12.2. The van der Waals surface area contributed by atoms with Gasteiger partial charge in [-0.15, -0.1) is 0 Å². The molecule has 2 amide bonds. The zero-order chi connectivity index (χ0) is 17.1. The summed E-state index contributed by atoms with van der Waals surface area (Å²) in [4.78, 5) is 24.0. The van der Waals surface area contributed by atoms with Gasteiger partial charge in [-0.2, -0.15) is 0 Å². The van der Waals surface area contributed by atoms with Gasteiger partial charge in [-0.25, -0.2) is 0 Å². The van der Waals surface area contributed by atoms with Crippen LogP contribution >= 0.6 is 11.6 Å². The second kappa shape index (κ2) is 6.80. The van der Waals surface area contributed by atoms with E-state index in [1.165, 1.54) is 6.26 Å². The molecule has 0 aliphatic carbocycles. The molecule has 0 atom stereocenters. The number of halogens is 1.